The third-order valence-corrected chi connectivity index (χ3v) is 4.06. The van der Waals surface area contributed by atoms with E-state index in [1.54, 1.807) is 0 Å². The van der Waals surface area contributed by atoms with Crippen molar-refractivity contribution >= 4 is 21.8 Å². The molecule has 0 bridgehead atoms. The molecule has 110 valence electrons. The minimum Gasteiger partial charge on any atom is -0.490 e. The van der Waals surface area contributed by atoms with Crippen molar-refractivity contribution in [2.24, 2.45) is 0 Å². The number of aromatic nitrogens is 1. The number of benzene rings is 2. The summed E-state index contributed by atoms with van der Waals surface area (Å²) in [7, 11) is 0. The number of H-pyrrole nitrogens is 1. The van der Waals surface area contributed by atoms with E-state index in [0.29, 0.717) is 0 Å². The smallest absolute Gasteiger partial charge is 0.143 e. The summed E-state index contributed by atoms with van der Waals surface area (Å²) < 4.78 is 6.01. The molecule has 3 rings (SSSR count). The van der Waals surface area contributed by atoms with E-state index in [9.17, 15) is 0 Å². The van der Waals surface area contributed by atoms with Gasteiger partial charge in [0.15, 0.2) is 0 Å². The molecule has 3 aromatic rings. The number of hydrogen-bond donors (Lipinski definition) is 1. The van der Waals surface area contributed by atoms with Crippen molar-refractivity contribution in [3.05, 3.63) is 42.5 Å². The largest absolute Gasteiger partial charge is 0.490 e. The molecule has 0 aliphatic heterocycles. The maximum Gasteiger partial charge on any atom is 0.143 e. The minimum absolute atomic E-state index is 0.718. The van der Waals surface area contributed by atoms with Gasteiger partial charge in [-0.2, -0.15) is 0 Å². The zero-order chi connectivity index (χ0) is 14.7. The maximum atomic E-state index is 6.01. The van der Waals surface area contributed by atoms with Crippen molar-refractivity contribution in [2.75, 3.05) is 26.2 Å². The molecule has 0 aliphatic rings. The van der Waals surface area contributed by atoms with Crippen LogP contribution in [0.15, 0.2) is 42.5 Å². The number of hydrogen-bond acceptors (Lipinski definition) is 2. The molecule has 0 saturated heterocycles. The van der Waals surface area contributed by atoms with Crippen molar-refractivity contribution in [1.29, 1.82) is 0 Å². The van der Waals surface area contributed by atoms with Crippen LogP contribution in [-0.2, 0) is 0 Å². The van der Waals surface area contributed by atoms with Crippen molar-refractivity contribution < 1.29 is 4.74 Å². The van der Waals surface area contributed by atoms with Gasteiger partial charge in [-0.1, -0.05) is 44.2 Å². The number of para-hydroxylation sites is 2. The van der Waals surface area contributed by atoms with Crippen molar-refractivity contribution in [2.45, 2.75) is 13.8 Å². The predicted octanol–water partition coefficient (Wildman–Crippen LogP) is 4.04. The minimum atomic E-state index is 0.718. The first-order valence-corrected chi connectivity index (χ1v) is 7.68. The highest BCUT2D eigenvalue weighted by molar-refractivity contribution is 6.09. The Balaban J connectivity index is 1.85. The molecule has 0 amide bonds. The number of ether oxygens (including phenoxy) is 1. The van der Waals surface area contributed by atoms with Gasteiger partial charge in [-0.25, -0.2) is 0 Å². The van der Waals surface area contributed by atoms with E-state index >= 15 is 0 Å². The van der Waals surface area contributed by atoms with Crippen LogP contribution < -0.4 is 4.74 Å². The van der Waals surface area contributed by atoms with E-state index in [2.05, 4.69) is 60.1 Å². The topological polar surface area (TPSA) is 28.3 Å². The Morgan fingerprint density at radius 1 is 0.952 bits per heavy atom. The van der Waals surface area contributed by atoms with E-state index in [-0.39, 0.29) is 0 Å². The van der Waals surface area contributed by atoms with Crippen LogP contribution in [0.1, 0.15) is 13.8 Å². The van der Waals surface area contributed by atoms with Crippen LogP contribution in [-0.4, -0.2) is 36.1 Å². The molecule has 2 aromatic carbocycles. The Morgan fingerprint density at radius 3 is 2.52 bits per heavy atom. The van der Waals surface area contributed by atoms with Crippen LogP contribution in [0.4, 0.5) is 0 Å². The quantitative estimate of drug-likeness (QED) is 0.739. The summed E-state index contributed by atoms with van der Waals surface area (Å²) in [5.41, 5.74) is 2.26. The summed E-state index contributed by atoms with van der Waals surface area (Å²) in [5.74, 6) is 0.941. The van der Waals surface area contributed by atoms with Gasteiger partial charge in [0.05, 0.1) is 5.52 Å². The zero-order valence-electron chi connectivity index (χ0n) is 12.7. The fraction of sp³-hybridized carbons (Fsp3) is 0.333. The fourth-order valence-electron chi connectivity index (χ4n) is 2.79. The highest BCUT2D eigenvalue weighted by atomic mass is 16.5. The van der Waals surface area contributed by atoms with Gasteiger partial charge in [-0.15, -0.1) is 0 Å². The Hall–Kier alpha value is -2.00. The molecule has 21 heavy (non-hydrogen) atoms. The summed E-state index contributed by atoms with van der Waals surface area (Å²) >= 11 is 0. The number of likely N-dealkylation sites (N-methyl/N-ethyl adjacent to an activating group) is 1. The lowest BCUT2D eigenvalue weighted by Crippen LogP contribution is -2.27. The number of fused-ring (bicyclic) bond motifs is 3. The fourth-order valence-corrected chi connectivity index (χ4v) is 2.79. The van der Waals surface area contributed by atoms with Crippen LogP contribution >= 0.6 is 0 Å². The number of rotatable bonds is 6. The third kappa shape index (κ3) is 2.74. The van der Waals surface area contributed by atoms with Crippen LogP contribution in [0.25, 0.3) is 21.8 Å². The third-order valence-electron chi connectivity index (χ3n) is 4.06. The van der Waals surface area contributed by atoms with Crippen LogP contribution in [0, 0.1) is 0 Å². The van der Waals surface area contributed by atoms with Gasteiger partial charge in [0, 0.05) is 22.8 Å². The molecule has 0 saturated carbocycles. The summed E-state index contributed by atoms with van der Waals surface area (Å²) in [6.07, 6.45) is 0. The maximum absolute atomic E-state index is 6.01. The molecule has 3 nitrogen and oxygen atoms in total. The van der Waals surface area contributed by atoms with Gasteiger partial charge in [-0.3, -0.25) is 0 Å². The molecule has 0 aliphatic carbocycles. The summed E-state index contributed by atoms with van der Waals surface area (Å²) in [6.45, 7) is 8.18. The van der Waals surface area contributed by atoms with Crippen LogP contribution in [0.2, 0.25) is 0 Å². The van der Waals surface area contributed by atoms with Crippen molar-refractivity contribution in [3.63, 3.8) is 0 Å². The molecular formula is C18H22N2O. The molecule has 0 fully saturated rings. The van der Waals surface area contributed by atoms with Gasteiger partial charge < -0.3 is 14.6 Å². The first-order valence-electron chi connectivity index (χ1n) is 7.68. The second kappa shape index (κ2) is 6.19. The van der Waals surface area contributed by atoms with E-state index in [1.807, 2.05) is 6.07 Å². The van der Waals surface area contributed by atoms with Crippen molar-refractivity contribution in [3.8, 4) is 5.75 Å². The molecule has 3 heteroatoms. The van der Waals surface area contributed by atoms with Gasteiger partial charge >= 0.3 is 0 Å². The first-order chi connectivity index (χ1) is 10.3. The van der Waals surface area contributed by atoms with Gasteiger partial charge in [0.2, 0.25) is 0 Å². The lowest BCUT2D eigenvalue weighted by molar-refractivity contribution is 0.224. The van der Waals surface area contributed by atoms with E-state index < -0.39 is 0 Å². The van der Waals surface area contributed by atoms with Gasteiger partial charge in [-0.05, 0) is 25.2 Å². The Bertz CT molecular complexity index is 728. The Morgan fingerprint density at radius 2 is 1.71 bits per heavy atom. The van der Waals surface area contributed by atoms with Gasteiger partial charge in [0.1, 0.15) is 12.4 Å². The average molecular weight is 282 g/mol. The summed E-state index contributed by atoms with van der Waals surface area (Å²) in [5, 5.41) is 2.48. The second-order valence-electron chi connectivity index (χ2n) is 5.22. The molecule has 1 heterocycles. The van der Waals surface area contributed by atoms with Crippen LogP contribution in [0.3, 0.4) is 0 Å². The summed E-state index contributed by atoms with van der Waals surface area (Å²) in [6, 6.07) is 14.6. The number of nitrogens with one attached hydrogen (secondary N) is 1. The van der Waals surface area contributed by atoms with Gasteiger partial charge in [0.25, 0.3) is 0 Å². The second-order valence-corrected chi connectivity index (χ2v) is 5.22. The zero-order valence-corrected chi connectivity index (χ0v) is 12.7. The lowest BCUT2D eigenvalue weighted by atomic mass is 10.1. The molecule has 1 N–H and O–H groups in total. The van der Waals surface area contributed by atoms with E-state index in [0.717, 1.165) is 43.0 Å². The lowest BCUT2D eigenvalue weighted by Gasteiger charge is -2.18. The Kier molecular flexibility index (Phi) is 4.11. The molecule has 0 radical (unpaired) electrons. The number of aromatic amines is 1. The SMILES string of the molecule is CCN(CC)CCOc1cccc2c1[nH]c1ccccc12. The van der Waals surface area contributed by atoms with Crippen molar-refractivity contribution in [1.82, 2.24) is 9.88 Å². The highest BCUT2D eigenvalue weighted by Gasteiger charge is 2.08. The van der Waals surface area contributed by atoms with E-state index in [1.165, 1.54) is 10.8 Å². The molecule has 0 spiro atoms. The monoisotopic (exact) mass is 282 g/mol. The predicted molar refractivity (Wildman–Crippen MR) is 89.1 cm³/mol. The molecular weight excluding hydrogens is 260 g/mol. The molecule has 1 aromatic heterocycles. The highest BCUT2D eigenvalue weighted by Crippen LogP contribution is 2.31. The Labute approximate surface area is 125 Å². The molecule has 0 unspecified atom stereocenters. The molecule has 0 atom stereocenters. The standard InChI is InChI=1S/C18H22N2O/c1-3-20(4-2)12-13-21-17-11-7-9-15-14-8-5-6-10-16(14)19-18(15)17/h5-11,19H,3-4,12-13H2,1-2H3. The first kappa shape index (κ1) is 14.0. The van der Waals surface area contributed by atoms with Crippen LogP contribution in [0.5, 0.6) is 5.75 Å². The average Bonchev–Trinajstić information content (AvgIpc) is 2.91. The summed E-state index contributed by atoms with van der Waals surface area (Å²) in [4.78, 5) is 5.84. The number of nitrogens with zero attached hydrogens (tertiary/aromatic N) is 1. The van der Waals surface area contributed by atoms with E-state index in [4.69, 9.17) is 4.74 Å². The normalized spacial score (nSPS) is 11.6.